The SMILES string of the molecule is CCOC(=O)c1ncc(/C(N)=C/C=NC)cc1-c1nc(N2CCOCC2)nc(Nc2ccncc2)c1Cl. The number of allylic oxidation sites excluding steroid dienone is 1. The number of esters is 1. The Morgan fingerprint density at radius 3 is 2.76 bits per heavy atom. The van der Waals surface area contributed by atoms with Crippen molar-refractivity contribution >= 4 is 46.9 Å². The normalized spacial score (nSPS) is 14.1. The molecule has 1 aliphatic heterocycles. The Balaban J connectivity index is 1.91. The van der Waals surface area contributed by atoms with E-state index in [0.717, 1.165) is 5.69 Å². The molecule has 0 radical (unpaired) electrons. The van der Waals surface area contributed by atoms with Crippen molar-refractivity contribution in [1.82, 2.24) is 19.9 Å². The average molecular weight is 523 g/mol. The second-order valence-electron chi connectivity index (χ2n) is 7.87. The number of halogens is 1. The van der Waals surface area contributed by atoms with E-state index in [2.05, 4.69) is 20.3 Å². The van der Waals surface area contributed by atoms with Gasteiger partial charge in [0, 0.05) is 67.5 Å². The van der Waals surface area contributed by atoms with Gasteiger partial charge in [0.2, 0.25) is 5.95 Å². The van der Waals surface area contributed by atoms with Gasteiger partial charge in [-0.1, -0.05) is 11.6 Å². The second kappa shape index (κ2) is 12.2. The van der Waals surface area contributed by atoms with E-state index in [4.69, 9.17) is 36.8 Å². The summed E-state index contributed by atoms with van der Waals surface area (Å²) in [5.74, 6) is 0.190. The highest BCUT2D eigenvalue weighted by Gasteiger charge is 2.25. The first-order valence-corrected chi connectivity index (χ1v) is 12.0. The number of pyridine rings is 2. The molecule has 3 aromatic rings. The van der Waals surface area contributed by atoms with Crippen LogP contribution in [0.1, 0.15) is 23.0 Å². The number of rotatable bonds is 8. The molecule has 0 atom stereocenters. The first kappa shape index (κ1) is 26.0. The molecule has 4 heterocycles. The minimum Gasteiger partial charge on any atom is -0.461 e. The van der Waals surface area contributed by atoms with Gasteiger partial charge in [-0.05, 0) is 31.2 Å². The Labute approximate surface area is 219 Å². The Bertz CT molecular complexity index is 1310. The summed E-state index contributed by atoms with van der Waals surface area (Å²) in [6, 6.07) is 5.29. The monoisotopic (exact) mass is 522 g/mol. The van der Waals surface area contributed by atoms with Crippen LogP contribution in [0.3, 0.4) is 0 Å². The van der Waals surface area contributed by atoms with E-state index in [1.165, 1.54) is 6.20 Å². The maximum Gasteiger partial charge on any atom is 0.357 e. The smallest absolute Gasteiger partial charge is 0.357 e. The maximum atomic E-state index is 12.9. The maximum absolute atomic E-state index is 12.9. The van der Waals surface area contributed by atoms with Crippen LogP contribution in [0.2, 0.25) is 5.02 Å². The fourth-order valence-electron chi connectivity index (χ4n) is 3.59. The molecule has 4 rings (SSSR count). The van der Waals surface area contributed by atoms with Crippen LogP contribution in [0.4, 0.5) is 17.5 Å². The number of carbonyl (C=O) groups excluding carboxylic acids is 1. The Kier molecular flexibility index (Phi) is 8.60. The van der Waals surface area contributed by atoms with E-state index in [9.17, 15) is 4.79 Å². The molecule has 12 heteroatoms. The van der Waals surface area contributed by atoms with E-state index >= 15 is 0 Å². The lowest BCUT2D eigenvalue weighted by Gasteiger charge is -2.28. The highest BCUT2D eigenvalue weighted by molar-refractivity contribution is 6.35. The average Bonchev–Trinajstić information content (AvgIpc) is 2.93. The van der Waals surface area contributed by atoms with Gasteiger partial charge < -0.3 is 25.4 Å². The standard InChI is InChI=1S/C25H27ClN8O3/c1-3-37-24(35)22-18(14-16(15-30-22)19(27)6-7-28-2)21-20(26)23(31-17-4-8-29-9-5-17)33-25(32-21)34-10-12-36-13-11-34/h4-9,14-15H,3,10-13,27H2,1-2H3,(H,29,31,32,33)/b19-6-,28-7?. The third-order valence-electron chi connectivity index (χ3n) is 5.42. The summed E-state index contributed by atoms with van der Waals surface area (Å²) in [7, 11) is 1.64. The van der Waals surface area contributed by atoms with Crippen molar-refractivity contribution in [2.24, 2.45) is 10.7 Å². The molecular weight excluding hydrogens is 496 g/mol. The summed E-state index contributed by atoms with van der Waals surface area (Å²) in [5, 5.41) is 3.43. The topological polar surface area (TPSA) is 141 Å². The van der Waals surface area contributed by atoms with Crippen LogP contribution < -0.4 is 16.0 Å². The third kappa shape index (κ3) is 6.19. The quantitative estimate of drug-likeness (QED) is 0.334. The van der Waals surface area contributed by atoms with Crippen molar-refractivity contribution in [1.29, 1.82) is 0 Å². The molecule has 0 bridgehead atoms. The lowest BCUT2D eigenvalue weighted by molar-refractivity contribution is 0.0520. The zero-order valence-electron chi connectivity index (χ0n) is 20.5. The number of nitrogens with one attached hydrogen (secondary N) is 1. The number of hydrogen-bond acceptors (Lipinski definition) is 11. The predicted octanol–water partition coefficient (Wildman–Crippen LogP) is 3.34. The molecule has 3 N–H and O–H groups in total. The van der Waals surface area contributed by atoms with Crippen molar-refractivity contribution in [2.45, 2.75) is 6.92 Å². The molecule has 1 aliphatic rings. The summed E-state index contributed by atoms with van der Waals surface area (Å²) in [6.45, 7) is 4.19. The van der Waals surface area contributed by atoms with Gasteiger partial charge in [0.1, 0.15) is 5.02 Å². The second-order valence-corrected chi connectivity index (χ2v) is 8.24. The van der Waals surface area contributed by atoms with Gasteiger partial charge in [-0.3, -0.25) is 9.98 Å². The molecule has 1 saturated heterocycles. The third-order valence-corrected chi connectivity index (χ3v) is 5.78. The number of carbonyl (C=O) groups is 1. The van der Waals surface area contributed by atoms with Crippen molar-refractivity contribution in [3.63, 3.8) is 0 Å². The number of aromatic nitrogens is 4. The van der Waals surface area contributed by atoms with E-state index in [0.29, 0.717) is 60.6 Å². The number of morpholine rings is 1. The number of nitrogens with two attached hydrogens (primary N) is 1. The summed E-state index contributed by atoms with van der Waals surface area (Å²) in [4.78, 5) is 36.7. The summed E-state index contributed by atoms with van der Waals surface area (Å²) in [5.41, 5.74) is 8.67. The van der Waals surface area contributed by atoms with E-state index < -0.39 is 5.97 Å². The molecule has 0 aromatic carbocycles. The summed E-state index contributed by atoms with van der Waals surface area (Å²) >= 11 is 6.88. The number of ether oxygens (including phenoxy) is 2. The van der Waals surface area contributed by atoms with Crippen LogP contribution in [0.25, 0.3) is 17.0 Å². The van der Waals surface area contributed by atoms with Crippen molar-refractivity contribution < 1.29 is 14.3 Å². The number of aliphatic imine (C=N–C) groups is 1. The Morgan fingerprint density at radius 2 is 2.05 bits per heavy atom. The summed E-state index contributed by atoms with van der Waals surface area (Å²) < 4.78 is 10.8. The van der Waals surface area contributed by atoms with Gasteiger partial charge in [-0.15, -0.1) is 0 Å². The van der Waals surface area contributed by atoms with Crippen LogP contribution in [0.5, 0.6) is 0 Å². The lowest BCUT2D eigenvalue weighted by Crippen LogP contribution is -2.37. The van der Waals surface area contributed by atoms with Crippen molar-refractivity contribution in [2.75, 3.05) is 50.2 Å². The first-order chi connectivity index (χ1) is 18.0. The van der Waals surface area contributed by atoms with Crippen LogP contribution in [0, 0.1) is 0 Å². The van der Waals surface area contributed by atoms with Crippen LogP contribution in [-0.4, -0.2) is 72.1 Å². The molecule has 0 saturated carbocycles. The molecule has 1 fully saturated rings. The molecule has 0 aliphatic carbocycles. The minimum atomic E-state index is -0.604. The fraction of sp³-hybridized carbons (Fsp3) is 0.280. The van der Waals surface area contributed by atoms with Gasteiger partial charge in [-0.2, -0.15) is 4.98 Å². The van der Waals surface area contributed by atoms with E-state index in [-0.39, 0.29) is 17.3 Å². The van der Waals surface area contributed by atoms with Gasteiger partial charge >= 0.3 is 5.97 Å². The molecule has 0 spiro atoms. The number of hydrogen-bond donors (Lipinski definition) is 2. The zero-order valence-corrected chi connectivity index (χ0v) is 21.3. The fourth-order valence-corrected chi connectivity index (χ4v) is 3.82. The first-order valence-electron chi connectivity index (χ1n) is 11.6. The summed E-state index contributed by atoms with van der Waals surface area (Å²) in [6.07, 6.45) is 8.02. The van der Waals surface area contributed by atoms with Crippen molar-refractivity contribution in [3.8, 4) is 11.3 Å². The van der Waals surface area contributed by atoms with E-state index in [1.54, 1.807) is 56.9 Å². The highest BCUT2D eigenvalue weighted by atomic mass is 35.5. The van der Waals surface area contributed by atoms with Gasteiger partial charge in [0.25, 0.3) is 0 Å². The molecular formula is C25H27ClN8O3. The Morgan fingerprint density at radius 1 is 1.30 bits per heavy atom. The molecule has 192 valence electrons. The number of nitrogens with zero attached hydrogens (tertiary/aromatic N) is 6. The lowest BCUT2D eigenvalue weighted by atomic mass is 10.0. The van der Waals surface area contributed by atoms with Crippen LogP contribution >= 0.6 is 11.6 Å². The van der Waals surface area contributed by atoms with Gasteiger partial charge in [0.15, 0.2) is 11.5 Å². The highest BCUT2D eigenvalue weighted by Crippen LogP contribution is 2.37. The van der Waals surface area contributed by atoms with Crippen LogP contribution in [0.15, 0.2) is 47.9 Å². The number of anilines is 3. The minimum absolute atomic E-state index is 0.0611. The Hall–Kier alpha value is -4.09. The van der Waals surface area contributed by atoms with Gasteiger partial charge in [-0.25, -0.2) is 14.8 Å². The molecule has 37 heavy (non-hydrogen) atoms. The molecule has 0 amide bonds. The largest absolute Gasteiger partial charge is 0.461 e. The molecule has 0 unspecified atom stereocenters. The zero-order chi connectivity index (χ0) is 26.2. The van der Waals surface area contributed by atoms with E-state index in [1.807, 2.05) is 4.90 Å². The van der Waals surface area contributed by atoms with Crippen molar-refractivity contribution in [3.05, 3.63) is 59.1 Å². The predicted molar refractivity (Wildman–Crippen MR) is 143 cm³/mol. The molecule has 11 nitrogen and oxygen atoms in total. The molecule has 3 aromatic heterocycles. The van der Waals surface area contributed by atoms with Crippen LogP contribution in [-0.2, 0) is 9.47 Å². The van der Waals surface area contributed by atoms with Gasteiger partial charge in [0.05, 0.1) is 25.5 Å².